The van der Waals surface area contributed by atoms with Crippen molar-refractivity contribution in [2.75, 3.05) is 0 Å². The van der Waals surface area contributed by atoms with Crippen molar-refractivity contribution in [3.8, 4) is 0 Å². The third-order valence-electron chi connectivity index (χ3n) is 3.23. The standard InChI is InChI=1S/C15H20N2O3/c1-9-5-13(10(2)20-9)14(19)17-16-11-6-12(18)8-15(3,4)7-11/h5,7,16H,6,8H2,1-4H3,(H,17,19). The maximum atomic E-state index is 12.0. The Bertz CT molecular complexity index is 582. The number of allylic oxidation sites excluding steroid dienone is 2. The lowest BCUT2D eigenvalue weighted by atomic mass is 9.81. The fraction of sp³-hybridized carbons (Fsp3) is 0.467. The first-order valence-corrected chi connectivity index (χ1v) is 6.64. The molecule has 1 amide bonds. The van der Waals surface area contributed by atoms with E-state index in [1.807, 2.05) is 19.9 Å². The van der Waals surface area contributed by atoms with E-state index >= 15 is 0 Å². The van der Waals surface area contributed by atoms with Crippen LogP contribution in [0.25, 0.3) is 0 Å². The maximum absolute atomic E-state index is 12.0. The van der Waals surface area contributed by atoms with Gasteiger partial charge in [-0.15, -0.1) is 0 Å². The van der Waals surface area contributed by atoms with Gasteiger partial charge in [-0.25, -0.2) is 0 Å². The molecular weight excluding hydrogens is 256 g/mol. The molecule has 0 spiro atoms. The highest BCUT2D eigenvalue weighted by Gasteiger charge is 2.26. The van der Waals surface area contributed by atoms with Crippen LogP contribution in [0, 0.1) is 19.3 Å². The lowest BCUT2D eigenvalue weighted by Gasteiger charge is -2.27. The van der Waals surface area contributed by atoms with E-state index in [-0.39, 0.29) is 17.1 Å². The van der Waals surface area contributed by atoms with E-state index in [9.17, 15) is 9.59 Å². The van der Waals surface area contributed by atoms with Crippen LogP contribution < -0.4 is 10.9 Å². The fourth-order valence-corrected chi connectivity index (χ4v) is 2.50. The molecule has 0 fully saturated rings. The molecule has 0 atom stereocenters. The Balaban J connectivity index is 2.02. The average Bonchev–Trinajstić information content (AvgIpc) is 2.63. The summed E-state index contributed by atoms with van der Waals surface area (Å²) in [6, 6.07) is 1.69. The summed E-state index contributed by atoms with van der Waals surface area (Å²) < 4.78 is 5.32. The van der Waals surface area contributed by atoms with Gasteiger partial charge in [0.15, 0.2) is 0 Å². The van der Waals surface area contributed by atoms with E-state index in [2.05, 4.69) is 10.9 Å². The lowest BCUT2D eigenvalue weighted by Crippen LogP contribution is -2.39. The molecule has 1 aromatic heterocycles. The van der Waals surface area contributed by atoms with Gasteiger partial charge >= 0.3 is 0 Å². The second-order valence-corrected chi connectivity index (χ2v) is 5.96. The predicted octanol–water partition coefficient (Wildman–Crippen LogP) is 2.40. The first kappa shape index (κ1) is 14.4. The van der Waals surface area contributed by atoms with Crippen molar-refractivity contribution < 1.29 is 14.0 Å². The van der Waals surface area contributed by atoms with Crippen LogP contribution >= 0.6 is 0 Å². The second-order valence-electron chi connectivity index (χ2n) is 5.96. The quantitative estimate of drug-likeness (QED) is 0.832. The molecule has 0 saturated heterocycles. The number of amides is 1. The summed E-state index contributed by atoms with van der Waals surface area (Å²) in [7, 11) is 0. The summed E-state index contributed by atoms with van der Waals surface area (Å²) in [5.41, 5.74) is 6.51. The molecule has 0 aromatic carbocycles. The Morgan fingerprint density at radius 2 is 2.05 bits per heavy atom. The van der Waals surface area contributed by atoms with Gasteiger partial charge in [0.25, 0.3) is 5.91 Å². The SMILES string of the molecule is Cc1cc(C(=O)NNC2=CC(C)(C)CC(=O)C2)c(C)o1. The van der Waals surface area contributed by atoms with Crippen LogP contribution in [0.2, 0.25) is 0 Å². The molecular formula is C15H20N2O3. The van der Waals surface area contributed by atoms with E-state index < -0.39 is 0 Å². The van der Waals surface area contributed by atoms with Crippen molar-refractivity contribution in [3.63, 3.8) is 0 Å². The maximum Gasteiger partial charge on any atom is 0.273 e. The van der Waals surface area contributed by atoms with Crippen molar-refractivity contribution >= 4 is 11.7 Å². The summed E-state index contributed by atoms with van der Waals surface area (Å²) in [6.45, 7) is 7.53. The molecule has 0 bridgehead atoms. The minimum Gasteiger partial charge on any atom is -0.466 e. The van der Waals surface area contributed by atoms with E-state index in [0.29, 0.717) is 29.9 Å². The van der Waals surface area contributed by atoms with Crippen molar-refractivity contribution in [3.05, 3.63) is 34.9 Å². The molecule has 1 aliphatic carbocycles. The molecule has 5 nitrogen and oxygen atoms in total. The molecule has 0 radical (unpaired) electrons. The average molecular weight is 276 g/mol. The van der Waals surface area contributed by atoms with Gasteiger partial charge in [-0.3, -0.25) is 15.0 Å². The molecule has 2 rings (SSSR count). The zero-order chi connectivity index (χ0) is 14.9. The van der Waals surface area contributed by atoms with Gasteiger partial charge in [-0.1, -0.05) is 19.9 Å². The third kappa shape index (κ3) is 3.29. The minimum absolute atomic E-state index is 0.171. The van der Waals surface area contributed by atoms with Gasteiger partial charge in [-0.2, -0.15) is 0 Å². The number of rotatable bonds is 3. The number of hydrogen-bond donors (Lipinski definition) is 2. The first-order valence-electron chi connectivity index (χ1n) is 6.64. The Kier molecular flexibility index (Phi) is 3.70. The summed E-state index contributed by atoms with van der Waals surface area (Å²) in [5.74, 6) is 1.18. The van der Waals surface area contributed by atoms with Crippen molar-refractivity contribution in [1.82, 2.24) is 10.9 Å². The normalized spacial score (nSPS) is 17.6. The zero-order valence-electron chi connectivity index (χ0n) is 12.3. The number of aryl methyl sites for hydroxylation is 2. The van der Waals surface area contributed by atoms with E-state index in [0.717, 1.165) is 5.70 Å². The van der Waals surface area contributed by atoms with Gasteiger partial charge in [0.1, 0.15) is 17.3 Å². The molecule has 108 valence electrons. The molecule has 0 aliphatic heterocycles. The highest BCUT2D eigenvalue weighted by atomic mass is 16.3. The lowest BCUT2D eigenvalue weighted by molar-refractivity contribution is -0.120. The second kappa shape index (κ2) is 5.15. The van der Waals surface area contributed by atoms with Crippen LogP contribution in [0.4, 0.5) is 0 Å². The summed E-state index contributed by atoms with van der Waals surface area (Å²) in [4.78, 5) is 23.7. The number of Topliss-reactive ketones (excluding diaryl/α,β-unsaturated/α-hetero) is 1. The van der Waals surface area contributed by atoms with Crippen molar-refractivity contribution in [2.24, 2.45) is 5.41 Å². The van der Waals surface area contributed by atoms with Crippen LogP contribution in [-0.4, -0.2) is 11.7 Å². The molecule has 20 heavy (non-hydrogen) atoms. The third-order valence-corrected chi connectivity index (χ3v) is 3.23. The number of ketones is 1. The van der Waals surface area contributed by atoms with E-state index in [4.69, 9.17) is 4.42 Å². The van der Waals surface area contributed by atoms with Gasteiger partial charge in [-0.05, 0) is 25.3 Å². The van der Waals surface area contributed by atoms with E-state index in [1.54, 1.807) is 19.9 Å². The molecule has 0 unspecified atom stereocenters. The van der Waals surface area contributed by atoms with Crippen LogP contribution in [0.5, 0.6) is 0 Å². The van der Waals surface area contributed by atoms with Gasteiger partial charge in [0.2, 0.25) is 0 Å². The predicted molar refractivity (Wildman–Crippen MR) is 74.9 cm³/mol. The number of nitrogens with one attached hydrogen (secondary N) is 2. The number of hydrazine groups is 1. The number of carbonyl (C=O) groups excluding carboxylic acids is 2. The monoisotopic (exact) mass is 276 g/mol. The highest BCUT2D eigenvalue weighted by molar-refractivity contribution is 5.95. The van der Waals surface area contributed by atoms with Crippen LogP contribution in [0.15, 0.2) is 22.3 Å². The topological polar surface area (TPSA) is 71.3 Å². The van der Waals surface area contributed by atoms with Gasteiger partial charge in [0, 0.05) is 18.5 Å². The Labute approximate surface area is 118 Å². The molecule has 5 heteroatoms. The minimum atomic E-state index is -0.268. The first-order chi connectivity index (χ1) is 9.27. The van der Waals surface area contributed by atoms with Crippen molar-refractivity contribution in [2.45, 2.75) is 40.5 Å². The summed E-state index contributed by atoms with van der Waals surface area (Å²) >= 11 is 0. The zero-order valence-corrected chi connectivity index (χ0v) is 12.3. The van der Waals surface area contributed by atoms with Crippen molar-refractivity contribution in [1.29, 1.82) is 0 Å². The summed E-state index contributed by atoms with van der Waals surface area (Å²) in [5, 5.41) is 0. The smallest absolute Gasteiger partial charge is 0.273 e. The Morgan fingerprint density at radius 3 is 2.60 bits per heavy atom. The number of carbonyl (C=O) groups is 2. The molecule has 1 aromatic rings. The van der Waals surface area contributed by atoms with Crippen LogP contribution in [0.1, 0.15) is 48.6 Å². The molecule has 2 N–H and O–H groups in total. The van der Waals surface area contributed by atoms with Crippen LogP contribution in [-0.2, 0) is 4.79 Å². The van der Waals surface area contributed by atoms with E-state index in [1.165, 1.54) is 0 Å². The van der Waals surface area contributed by atoms with Gasteiger partial charge < -0.3 is 9.84 Å². The highest BCUT2D eigenvalue weighted by Crippen LogP contribution is 2.29. The number of hydrogen-bond acceptors (Lipinski definition) is 4. The molecule has 1 heterocycles. The fourth-order valence-electron chi connectivity index (χ4n) is 2.50. The number of furan rings is 1. The largest absolute Gasteiger partial charge is 0.466 e. The summed E-state index contributed by atoms with van der Waals surface area (Å²) in [6.07, 6.45) is 2.85. The Hall–Kier alpha value is -2.04. The van der Waals surface area contributed by atoms with Crippen LogP contribution in [0.3, 0.4) is 0 Å². The molecule has 1 aliphatic rings. The van der Waals surface area contributed by atoms with Gasteiger partial charge in [0.05, 0.1) is 5.56 Å². The molecule has 0 saturated carbocycles. The Morgan fingerprint density at radius 1 is 1.35 bits per heavy atom.